The number of nitrogens with two attached hydrogens (primary N) is 1. The molecule has 0 aliphatic heterocycles. The van der Waals surface area contributed by atoms with E-state index in [2.05, 4.69) is 15.9 Å². The van der Waals surface area contributed by atoms with Gasteiger partial charge in [-0.2, -0.15) is 0 Å². The molecule has 0 aliphatic rings. The van der Waals surface area contributed by atoms with Crippen LogP contribution in [0.1, 0.15) is 12.5 Å². The summed E-state index contributed by atoms with van der Waals surface area (Å²) in [6.07, 6.45) is 0.631. The molecule has 0 amide bonds. The lowest BCUT2D eigenvalue weighted by Gasteiger charge is -2.13. The van der Waals surface area contributed by atoms with Gasteiger partial charge in [0.15, 0.2) is 11.6 Å². The van der Waals surface area contributed by atoms with Crippen LogP contribution in [0.5, 0.6) is 11.5 Å². The molecule has 0 saturated heterocycles. The van der Waals surface area contributed by atoms with Gasteiger partial charge in [-0.15, -0.1) is 0 Å². The van der Waals surface area contributed by atoms with E-state index >= 15 is 0 Å². The summed E-state index contributed by atoms with van der Waals surface area (Å²) in [5, 5.41) is 0. The number of hydrogen-bond donors (Lipinski definition) is 1. The topological polar surface area (TPSA) is 35.2 Å². The van der Waals surface area contributed by atoms with Gasteiger partial charge in [0.25, 0.3) is 0 Å². The van der Waals surface area contributed by atoms with E-state index < -0.39 is 11.6 Å². The Morgan fingerprint density at radius 1 is 1.15 bits per heavy atom. The third kappa shape index (κ3) is 3.77. The number of halogens is 3. The van der Waals surface area contributed by atoms with E-state index in [1.54, 1.807) is 6.07 Å². The SMILES string of the molecule is CC(N)Cc1ccc(Br)cc1Oc1ccc(F)c(F)c1. The van der Waals surface area contributed by atoms with Crippen molar-refractivity contribution in [2.75, 3.05) is 0 Å². The molecule has 0 radical (unpaired) electrons. The van der Waals surface area contributed by atoms with Crippen LogP contribution in [0.15, 0.2) is 40.9 Å². The first-order valence-electron chi connectivity index (χ1n) is 6.12. The van der Waals surface area contributed by atoms with Gasteiger partial charge in [-0.05, 0) is 43.2 Å². The zero-order valence-electron chi connectivity index (χ0n) is 10.9. The number of rotatable bonds is 4. The zero-order valence-corrected chi connectivity index (χ0v) is 12.5. The standard InChI is InChI=1S/C15H14BrF2NO/c1-9(19)6-10-2-3-11(16)7-15(10)20-12-4-5-13(17)14(18)8-12/h2-5,7-9H,6,19H2,1H3. The van der Waals surface area contributed by atoms with Gasteiger partial charge in [-0.1, -0.05) is 22.0 Å². The van der Waals surface area contributed by atoms with E-state index in [1.807, 2.05) is 19.1 Å². The van der Waals surface area contributed by atoms with Gasteiger partial charge in [-0.3, -0.25) is 0 Å². The highest BCUT2D eigenvalue weighted by atomic mass is 79.9. The van der Waals surface area contributed by atoms with Crippen molar-refractivity contribution >= 4 is 15.9 Å². The Morgan fingerprint density at radius 2 is 1.90 bits per heavy atom. The average Bonchev–Trinajstić information content (AvgIpc) is 2.37. The molecule has 2 nitrogen and oxygen atoms in total. The first kappa shape index (κ1) is 14.9. The predicted molar refractivity (Wildman–Crippen MR) is 77.9 cm³/mol. The second kappa shape index (κ2) is 6.33. The summed E-state index contributed by atoms with van der Waals surface area (Å²) in [4.78, 5) is 0. The summed E-state index contributed by atoms with van der Waals surface area (Å²) < 4.78 is 32.6. The van der Waals surface area contributed by atoms with E-state index in [-0.39, 0.29) is 11.8 Å². The molecule has 1 unspecified atom stereocenters. The summed E-state index contributed by atoms with van der Waals surface area (Å²) in [5.74, 6) is -1.02. The summed E-state index contributed by atoms with van der Waals surface area (Å²) >= 11 is 3.36. The van der Waals surface area contributed by atoms with E-state index in [0.717, 1.165) is 22.2 Å². The van der Waals surface area contributed by atoms with Crippen LogP contribution in [-0.4, -0.2) is 6.04 Å². The maximum atomic E-state index is 13.2. The third-order valence-electron chi connectivity index (χ3n) is 2.69. The van der Waals surface area contributed by atoms with E-state index in [0.29, 0.717) is 12.2 Å². The van der Waals surface area contributed by atoms with Gasteiger partial charge in [0.1, 0.15) is 11.5 Å². The highest BCUT2D eigenvalue weighted by Crippen LogP contribution is 2.30. The normalized spacial score (nSPS) is 12.2. The van der Waals surface area contributed by atoms with Crippen molar-refractivity contribution < 1.29 is 13.5 Å². The van der Waals surface area contributed by atoms with Gasteiger partial charge in [0, 0.05) is 16.6 Å². The van der Waals surface area contributed by atoms with E-state index in [4.69, 9.17) is 10.5 Å². The number of ether oxygens (including phenoxy) is 1. The molecule has 0 aliphatic carbocycles. The molecule has 2 aromatic carbocycles. The average molecular weight is 342 g/mol. The molecule has 0 heterocycles. The third-order valence-corrected chi connectivity index (χ3v) is 3.18. The molecule has 2 aromatic rings. The van der Waals surface area contributed by atoms with E-state index in [9.17, 15) is 8.78 Å². The molecule has 5 heteroatoms. The van der Waals surface area contributed by atoms with Crippen molar-refractivity contribution in [1.82, 2.24) is 0 Å². The molecule has 0 saturated carbocycles. The highest BCUT2D eigenvalue weighted by Gasteiger charge is 2.10. The minimum absolute atomic E-state index is 0.0246. The molecule has 1 atom stereocenters. The largest absolute Gasteiger partial charge is 0.457 e. The van der Waals surface area contributed by atoms with Crippen LogP contribution in [-0.2, 0) is 6.42 Å². The molecule has 0 aromatic heterocycles. The lowest BCUT2D eigenvalue weighted by molar-refractivity contribution is 0.455. The van der Waals surface area contributed by atoms with Gasteiger partial charge < -0.3 is 10.5 Å². The molecule has 106 valence electrons. The van der Waals surface area contributed by atoms with Crippen molar-refractivity contribution in [3.05, 3.63) is 58.1 Å². The molecule has 0 spiro atoms. The fourth-order valence-corrected chi connectivity index (χ4v) is 2.15. The van der Waals surface area contributed by atoms with Crippen LogP contribution in [0, 0.1) is 11.6 Å². The molecular formula is C15H14BrF2NO. The van der Waals surface area contributed by atoms with Crippen LogP contribution in [0.25, 0.3) is 0 Å². The first-order valence-corrected chi connectivity index (χ1v) is 6.92. The molecular weight excluding hydrogens is 328 g/mol. The van der Waals surface area contributed by atoms with Crippen molar-refractivity contribution in [3.63, 3.8) is 0 Å². The van der Waals surface area contributed by atoms with Gasteiger partial charge >= 0.3 is 0 Å². The Kier molecular flexibility index (Phi) is 4.73. The minimum Gasteiger partial charge on any atom is -0.457 e. The number of hydrogen-bond acceptors (Lipinski definition) is 2. The van der Waals surface area contributed by atoms with Gasteiger partial charge in [-0.25, -0.2) is 8.78 Å². The maximum absolute atomic E-state index is 13.2. The van der Waals surface area contributed by atoms with Crippen LogP contribution in [0.3, 0.4) is 0 Å². The number of benzene rings is 2. The maximum Gasteiger partial charge on any atom is 0.162 e. The quantitative estimate of drug-likeness (QED) is 0.893. The molecule has 2 N–H and O–H groups in total. The molecule has 20 heavy (non-hydrogen) atoms. The Balaban J connectivity index is 2.31. The van der Waals surface area contributed by atoms with Crippen LogP contribution in [0.2, 0.25) is 0 Å². The first-order chi connectivity index (χ1) is 9.45. The summed E-state index contributed by atoms with van der Waals surface area (Å²) in [7, 11) is 0. The minimum atomic E-state index is -0.939. The summed E-state index contributed by atoms with van der Waals surface area (Å²) in [5.41, 5.74) is 6.70. The molecule has 2 rings (SSSR count). The molecule has 0 bridgehead atoms. The Labute approximate surface area is 124 Å². The second-order valence-electron chi connectivity index (χ2n) is 4.61. The molecule has 0 fully saturated rings. The summed E-state index contributed by atoms with van der Waals surface area (Å²) in [6, 6.07) is 8.97. The zero-order chi connectivity index (χ0) is 14.7. The lowest BCUT2D eigenvalue weighted by atomic mass is 10.1. The Morgan fingerprint density at radius 3 is 2.55 bits per heavy atom. The van der Waals surface area contributed by atoms with Crippen LogP contribution in [0.4, 0.5) is 8.78 Å². The highest BCUT2D eigenvalue weighted by molar-refractivity contribution is 9.10. The van der Waals surface area contributed by atoms with Crippen molar-refractivity contribution in [3.8, 4) is 11.5 Å². The Bertz CT molecular complexity index is 617. The fourth-order valence-electron chi connectivity index (χ4n) is 1.81. The van der Waals surface area contributed by atoms with Crippen molar-refractivity contribution in [1.29, 1.82) is 0 Å². The second-order valence-corrected chi connectivity index (χ2v) is 5.53. The monoisotopic (exact) mass is 341 g/mol. The van der Waals surface area contributed by atoms with Crippen molar-refractivity contribution in [2.45, 2.75) is 19.4 Å². The van der Waals surface area contributed by atoms with Gasteiger partial charge in [0.2, 0.25) is 0 Å². The van der Waals surface area contributed by atoms with Crippen LogP contribution >= 0.6 is 15.9 Å². The Hall–Kier alpha value is -1.46. The van der Waals surface area contributed by atoms with E-state index in [1.165, 1.54) is 6.07 Å². The van der Waals surface area contributed by atoms with Crippen LogP contribution < -0.4 is 10.5 Å². The summed E-state index contributed by atoms with van der Waals surface area (Å²) in [6.45, 7) is 1.89. The smallest absolute Gasteiger partial charge is 0.162 e. The van der Waals surface area contributed by atoms with Crippen molar-refractivity contribution in [2.24, 2.45) is 5.73 Å². The lowest BCUT2D eigenvalue weighted by Crippen LogP contribution is -2.18. The fraction of sp³-hybridized carbons (Fsp3) is 0.200. The predicted octanol–water partition coefficient (Wildman–Crippen LogP) is 4.41. The van der Waals surface area contributed by atoms with Gasteiger partial charge in [0.05, 0.1) is 0 Å².